The lowest BCUT2D eigenvalue weighted by Gasteiger charge is -2.35. The second kappa shape index (κ2) is 7.27. The van der Waals surface area contributed by atoms with Gasteiger partial charge in [-0.1, -0.05) is 29.8 Å². The molecule has 1 atom stereocenters. The van der Waals surface area contributed by atoms with E-state index in [1.54, 1.807) is 6.92 Å². The van der Waals surface area contributed by atoms with E-state index in [1.165, 1.54) is 17.7 Å². The first-order valence-electron chi connectivity index (χ1n) is 8.13. The third-order valence-electron chi connectivity index (χ3n) is 4.39. The maximum atomic E-state index is 13.0. The molecule has 1 aromatic carbocycles. The highest BCUT2D eigenvalue weighted by Gasteiger charge is 2.30. The number of carboxylic acid groups (broad SMARTS) is 1. The molecule has 130 valence electrons. The van der Waals surface area contributed by atoms with Crippen molar-refractivity contribution in [3.8, 4) is 0 Å². The molecular formula is C19H20N2O3S. The highest BCUT2D eigenvalue weighted by Crippen LogP contribution is 2.31. The molecule has 6 heteroatoms. The summed E-state index contributed by atoms with van der Waals surface area (Å²) in [6, 6.07) is 11.2. The Morgan fingerprint density at radius 3 is 2.52 bits per heavy atom. The van der Waals surface area contributed by atoms with Crippen molar-refractivity contribution >= 4 is 23.6 Å². The van der Waals surface area contributed by atoms with Gasteiger partial charge in [-0.3, -0.25) is 4.79 Å². The molecule has 1 saturated heterocycles. The average molecular weight is 356 g/mol. The van der Waals surface area contributed by atoms with Crippen molar-refractivity contribution in [3.63, 3.8) is 0 Å². The molecule has 2 heterocycles. The molecule has 1 aliphatic heterocycles. The monoisotopic (exact) mass is 356 g/mol. The van der Waals surface area contributed by atoms with Crippen molar-refractivity contribution in [2.45, 2.75) is 19.9 Å². The van der Waals surface area contributed by atoms with Gasteiger partial charge < -0.3 is 10.0 Å². The number of carboxylic acids is 1. The molecule has 1 amide bonds. The fourth-order valence-corrected chi connectivity index (χ4v) is 4.05. The van der Waals surface area contributed by atoms with E-state index < -0.39 is 5.97 Å². The minimum absolute atomic E-state index is 0.00751. The Morgan fingerprint density at radius 1 is 1.16 bits per heavy atom. The van der Waals surface area contributed by atoms with Crippen LogP contribution in [-0.2, 0) is 0 Å². The van der Waals surface area contributed by atoms with E-state index in [-0.39, 0.29) is 17.5 Å². The fourth-order valence-electron chi connectivity index (χ4n) is 2.96. The largest absolute Gasteiger partial charge is 0.478 e. The number of aromatic carboxylic acids is 1. The molecule has 0 aliphatic carbocycles. The number of hydrogen-bond acceptors (Lipinski definition) is 4. The number of nitrogens with zero attached hydrogens (tertiary/aromatic N) is 2. The van der Waals surface area contributed by atoms with Crippen LogP contribution in [0.15, 0.2) is 36.4 Å². The summed E-state index contributed by atoms with van der Waals surface area (Å²) in [7, 11) is 0. The highest BCUT2D eigenvalue weighted by molar-refractivity contribution is 7.99. The fraction of sp³-hybridized carbons (Fsp3) is 0.316. The maximum Gasteiger partial charge on any atom is 0.337 e. The van der Waals surface area contributed by atoms with Crippen molar-refractivity contribution < 1.29 is 14.7 Å². The van der Waals surface area contributed by atoms with Crippen LogP contribution in [0.3, 0.4) is 0 Å². The molecule has 1 aromatic heterocycles. The quantitative estimate of drug-likeness (QED) is 0.913. The van der Waals surface area contributed by atoms with E-state index in [0.717, 1.165) is 17.1 Å². The van der Waals surface area contributed by atoms with E-state index in [9.17, 15) is 9.59 Å². The number of carbonyl (C=O) groups is 2. The molecule has 5 nitrogen and oxygen atoms in total. The summed E-state index contributed by atoms with van der Waals surface area (Å²) >= 11 is 1.84. The first-order chi connectivity index (χ1) is 12.0. The summed E-state index contributed by atoms with van der Waals surface area (Å²) in [6.07, 6.45) is 0. The zero-order valence-electron chi connectivity index (χ0n) is 14.2. The lowest BCUT2D eigenvalue weighted by atomic mass is 10.0. The number of thioether (sulfide) groups is 1. The summed E-state index contributed by atoms with van der Waals surface area (Å²) in [4.78, 5) is 30.2. The molecule has 1 fully saturated rings. The van der Waals surface area contributed by atoms with Gasteiger partial charge in [0.1, 0.15) is 5.69 Å². The van der Waals surface area contributed by atoms with Crippen molar-refractivity contribution in [1.82, 2.24) is 9.88 Å². The molecule has 2 aromatic rings. The smallest absolute Gasteiger partial charge is 0.337 e. The van der Waals surface area contributed by atoms with Crippen molar-refractivity contribution in [1.29, 1.82) is 0 Å². The lowest BCUT2D eigenvalue weighted by molar-refractivity contribution is 0.0679. The number of carbonyl (C=O) groups excluding carboxylic acids is 1. The predicted molar refractivity (Wildman–Crippen MR) is 98.2 cm³/mol. The van der Waals surface area contributed by atoms with Gasteiger partial charge >= 0.3 is 5.97 Å². The van der Waals surface area contributed by atoms with Crippen LogP contribution in [0.1, 0.15) is 43.7 Å². The Labute approximate surface area is 151 Å². The Bertz CT molecular complexity index is 805. The van der Waals surface area contributed by atoms with Gasteiger partial charge in [0.2, 0.25) is 0 Å². The molecule has 1 aliphatic rings. The van der Waals surface area contributed by atoms with E-state index in [4.69, 9.17) is 5.11 Å². The zero-order chi connectivity index (χ0) is 18.0. The standard InChI is InChI=1S/C19H20N2O3S/c1-12-3-5-14(6-4-12)17-11-25-10-9-21(17)18(22)16-8-7-15(19(23)24)13(2)20-16/h3-8,17H,9-11H2,1-2H3,(H,23,24). The number of hydrogen-bond donors (Lipinski definition) is 1. The van der Waals surface area contributed by atoms with Crippen LogP contribution in [0.25, 0.3) is 0 Å². The minimum Gasteiger partial charge on any atom is -0.478 e. The van der Waals surface area contributed by atoms with Crippen molar-refractivity contribution in [2.75, 3.05) is 18.1 Å². The van der Waals surface area contributed by atoms with Gasteiger partial charge in [-0.05, 0) is 31.5 Å². The molecule has 1 unspecified atom stereocenters. The number of aromatic nitrogens is 1. The van der Waals surface area contributed by atoms with Gasteiger partial charge in [0, 0.05) is 18.1 Å². The first kappa shape index (κ1) is 17.5. The predicted octanol–water partition coefficient (Wildman–Crippen LogP) is 3.33. The van der Waals surface area contributed by atoms with Crippen molar-refractivity contribution in [3.05, 3.63) is 64.5 Å². The SMILES string of the molecule is Cc1ccc(C2CSCCN2C(=O)c2ccc(C(=O)O)c(C)n2)cc1. The maximum absolute atomic E-state index is 13.0. The van der Waals surface area contributed by atoms with Gasteiger partial charge in [-0.2, -0.15) is 11.8 Å². The summed E-state index contributed by atoms with van der Waals surface area (Å²) in [5, 5.41) is 9.12. The third-order valence-corrected chi connectivity index (χ3v) is 5.41. The molecule has 25 heavy (non-hydrogen) atoms. The topological polar surface area (TPSA) is 70.5 Å². The summed E-state index contributed by atoms with van der Waals surface area (Å²) in [5.74, 6) is 0.559. The average Bonchev–Trinajstić information content (AvgIpc) is 2.61. The van der Waals surface area contributed by atoms with Gasteiger partial charge in [-0.25, -0.2) is 9.78 Å². The molecular weight excluding hydrogens is 336 g/mol. The van der Waals surface area contributed by atoms with Gasteiger partial charge in [0.15, 0.2) is 0 Å². The minimum atomic E-state index is -1.03. The Balaban J connectivity index is 1.89. The van der Waals surface area contributed by atoms with Crippen LogP contribution in [0, 0.1) is 13.8 Å². The van der Waals surface area contributed by atoms with Crippen LogP contribution in [0.5, 0.6) is 0 Å². The van der Waals surface area contributed by atoms with Crippen molar-refractivity contribution in [2.24, 2.45) is 0 Å². The summed E-state index contributed by atoms with van der Waals surface area (Å²) in [5.41, 5.74) is 3.08. The first-order valence-corrected chi connectivity index (χ1v) is 9.29. The Hall–Kier alpha value is -2.34. The molecule has 0 saturated carbocycles. The van der Waals surface area contributed by atoms with E-state index in [1.807, 2.05) is 23.6 Å². The van der Waals surface area contributed by atoms with Gasteiger partial charge in [0.05, 0.1) is 17.3 Å². The number of amides is 1. The highest BCUT2D eigenvalue weighted by atomic mass is 32.2. The van der Waals surface area contributed by atoms with Crippen LogP contribution in [0.4, 0.5) is 0 Å². The number of rotatable bonds is 3. The van der Waals surface area contributed by atoms with Crippen LogP contribution in [-0.4, -0.2) is 44.9 Å². The Kier molecular flexibility index (Phi) is 5.08. The number of aryl methyl sites for hydroxylation is 2. The summed E-state index contributed by atoms with van der Waals surface area (Å²) < 4.78 is 0. The van der Waals surface area contributed by atoms with Crippen LogP contribution in [0.2, 0.25) is 0 Å². The van der Waals surface area contributed by atoms with E-state index in [0.29, 0.717) is 17.9 Å². The third kappa shape index (κ3) is 3.69. The Morgan fingerprint density at radius 2 is 1.88 bits per heavy atom. The van der Waals surface area contributed by atoms with Crippen LogP contribution < -0.4 is 0 Å². The lowest BCUT2D eigenvalue weighted by Crippen LogP contribution is -2.41. The van der Waals surface area contributed by atoms with Crippen LogP contribution >= 0.6 is 11.8 Å². The summed E-state index contributed by atoms with van der Waals surface area (Å²) in [6.45, 7) is 4.31. The normalized spacial score (nSPS) is 17.4. The van der Waals surface area contributed by atoms with E-state index >= 15 is 0 Å². The molecule has 0 radical (unpaired) electrons. The number of benzene rings is 1. The second-order valence-electron chi connectivity index (χ2n) is 6.13. The van der Waals surface area contributed by atoms with Gasteiger partial charge in [0.25, 0.3) is 5.91 Å². The zero-order valence-corrected chi connectivity index (χ0v) is 15.0. The molecule has 3 rings (SSSR count). The van der Waals surface area contributed by atoms with Gasteiger partial charge in [-0.15, -0.1) is 0 Å². The molecule has 0 bridgehead atoms. The molecule has 0 spiro atoms. The van der Waals surface area contributed by atoms with E-state index in [2.05, 4.69) is 29.2 Å². The molecule has 1 N–H and O–H groups in total. The number of pyridine rings is 1. The second-order valence-corrected chi connectivity index (χ2v) is 7.28.